The van der Waals surface area contributed by atoms with Gasteiger partial charge in [0.05, 0.1) is 18.2 Å². The van der Waals surface area contributed by atoms with Crippen molar-refractivity contribution < 1.29 is 4.52 Å². The number of hydrogen-bond donors (Lipinski definition) is 0. The minimum Gasteiger partial charge on any atom is -0.339 e. The molecule has 2 aromatic rings. The summed E-state index contributed by atoms with van der Waals surface area (Å²) < 4.78 is 5.36. The molecule has 0 spiro atoms. The van der Waals surface area contributed by atoms with Crippen LogP contribution in [0.4, 0.5) is 0 Å². The summed E-state index contributed by atoms with van der Waals surface area (Å²) in [6.07, 6.45) is 3.48. The van der Waals surface area contributed by atoms with Crippen LogP contribution in [0.1, 0.15) is 48.0 Å². The first-order chi connectivity index (χ1) is 12.3. The van der Waals surface area contributed by atoms with Gasteiger partial charge < -0.3 is 4.52 Å². The second-order valence-corrected chi connectivity index (χ2v) is 7.00. The largest absolute Gasteiger partial charge is 0.339 e. The van der Waals surface area contributed by atoms with Gasteiger partial charge in [0, 0.05) is 25.6 Å². The van der Waals surface area contributed by atoms with Gasteiger partial charge in [0.2, 0.25) is 5.89 Å². The minimum absolute atomic E-state index is 0.515. The van der Waals surface area contributed by atoms with Crippen molar-refractivity contribution in [2.45, 2.75) is 38.3 Å². The molecule has 0 N–H and O–H groups in total. The fourth-order valence-corrected chi connectivity index (χ4v) is 3.38. The number of nitrogens with zero attached hydrogens (tertiary/aromatic N) is 5. The van der Waals surface area contributed by atoms with Gasteiger partial charge in [-0.25, -0.2) is 0 Å². The Kier molecular flexibility index (Phi) is 4.77. The van der Waals surface area contributed by atoms with Crippen LogP contribution < -0.4 is 0 Å². The molecule has 1 saturated heterocycles. The van der Waals surface area contributed by atoms with Crippen LogP contribution in [0.3, 0.4) is 0 Å². The van der Waals surface area contributed by atoms with Gasteiger partial charge in [-0.1, -0.05) is 23.4 Å². The van der Waals surface area contributed by atoms with E-state index in [-0.39, 0.29) is 0 Å². The zero-order valence-electron chi connectivity index (χ0n) is 14.4. The van der Waals surface area contributed by atoms with Crippen LogP contribution in [0.5, 0.6) is 0 Å². The Morgan fingerprint density at radius 1 is 1.08 bits per heavy atom. The highest BCUT2D eigenvalue weighted by molar-refractivity contribution is 5.37. The molecule has 1 aliphatic heterocycles. The molecular formula is C19H23N5O. The van der Waals surface area contributed by atoms with Gasteiger partial charge >= 0.3 is 0 Å². The molecule has 130 valence electrons. The molecule has 1 aromatic heterocycles. The van der Waals surface area contributed by atoms with Gasteiger partial charge in [0.25, 0.3) is 0 Å². The third kappa shape index (κ3) is 4.06. The maximum absolute atomic E-state index is 9.26. The third-order valence-corrected chi connectivity index (χ3v) is 4.99. The summed E-state index contributed by atoms with van der Waals surface area (Å²) in [5.41, 5.74) is 1.90. The Bertz CT molecular complexity index is 761. The van der Waals surface area contributed by atoms with Crippen molar-refractivity contribution in [1.82, 2.24) is 19.9 Å². The summed E-state index contributed by atoms with van der Waals surface area (Å²) in [4.78, 5) is 9.37. The second kappa shape index (κ2) is 7.34. The maximum atomic E-state index is 9.26. The van der Waals surface area contributed by atoms with Gasteiger partial charge in [-0.2, -0.15) is 10.2 Å². The summed E-state index contributed by atoms with van der Waals surface area (Å²) in [7, 11) is 0. The number of aromatic nitrogens is 2. The highest BCUT2D eigenvalue weighted by Gasteiger charge is 2.30. The molecule has 2 aliphatic rings. The first-order valence-electron chi connectivity index (χ1n) is 9.07. The number of rotatable bonds is 5. The van der Waals surface area contributed by atoms with E-state index in [4.69, 9.17) is 4.52 Å². The van der Waals surface area contributed by atoms with E-state index in [1.165, 1.54) is 12.8 Å². The van der Waals surface area contributed by atoms with Gasteiger partial charge in [0.15, 0.2) is 5.82 Å². The van der Waals surface area contributed by atoms with Crippen molar-refractivity contribution in [3.63, 3.8) is 0 Å². The Balaban J connectivity index is 1.32. The van der Waals surface area contributed by atoms with Crippen LogP contribution in [0.25, 0.3) is 0 Å². The van der Waals surface area contributed by atoms with Crippen molar-refractivity contribution in [3.05, 3.63) is 47.1 Å². The average Bonchev–Trinajstić information content (AvgIpc) is 3.41. The summed E-state index contributed by atoms with van der Waals surface area (Å²) in [6.45, 7) is 5.68. The van der Waals surface area contributed by atoms with Crippen LogP contribution in [0.2, 0.25) is 0 Å². The van der Waals surface area contributed by atoms with E-state index < -0.39 is 0 Å². The Hall–Kier alpha value is -2.23. The lowest BCUT2D eigenvalue weighted by atomic mass is 10.1. The standard InChI is InChI=1S/C19H23N5O/c20-12-16-4-1-2-5-17(16)13-23-8-3-9-24(11-10-23)14-18-21-19(25-22-18)15-6-7-15/h1-2,4-5,15H,3,6-11,13-14H2. The molecule has 1 aliphatic carbocycles. The first kappa shape index (κ1) is 16.2. The zero-order valence-corrected chi connectivity index (χ0v) is 14.4. The molecule has 2 fully saturated rings. The molecule has 0 amide bonds. The molecule has 0 radical (unpaired) electrons. The molecule has 6 heteroatoms. The maximum Gasteiger partial charge on any atom is 0.229 e. The van der Waals surface area contributed by atoms with Crippen LogP contribution in [0, 0.1) is 11.3 Å². The predicted octanol–water partition coefficient (Wildman–Crippen LogP) is 2.53. The molecular weight excluding hydrogens is 314 g/mol. The van der Waals surface area contributed by atoms with Crippen LogP contribution >= 0.6 is 0 Å². The predicted molar refractivity (Wildman–Crippen MR) is 92.6 cm³/mol. The topological polar surface area (TPSA) is 69.2 Å². The molecule has 0 atom stereocenters. The van der Waals surface area contributed by atoms with Crippen LogP contribution in [-0.4, -0.2) is 46.1 Å². The van der Waals surface area contributed by atoms with E-state index in [1.807, 2.05) is 18.2 Å². The van der Waals surface area contributed by atoms with E-state index >= 15 is 0 Å². The lowest BCUT2D eigenvalue weighted by molar-refractivity contribution is 0.241. The molecule has 1 saturated carbocycles. The Labute approximate surface area is 148 Å². The molecule has 0 bridgehead atoms. The van der Waals surface area contributed by atoms with E-state index in [2.05, 4.69) is 32.1 Å². The Morgan fingerprint density at radius 2 is 1.84 bits per heavy atom. The smallest absolute Gasteiger partial charge is 0.229 e. The lowest BCUT2D eigenvalue weighted by Crippen LogP contribution is -2.30. The number of nitriles is 1. The normalized spacial score (nSPS) is 19.5. The molecule has 1 aromatic carbocycles. The van der Waals surface area contributed by atoms with Crippen molar-refractivity contribution in [2.75, 3.05) is 26.2 Å². The monoisotopic (exact) mass is 337 g/mol. The van der Waals surface area contributed by atoms with E-state index in [0.29, 0.717) is 5.92 Å². The number of hydrogen-bond acceptors (Lipinski definition) is 6. The van der Waals surface area contributed by atoms with Crippen LogP contribution in [0.15, 0.2) is 28.8 Å². The summed E-state index contributed by atoms with van der Waals surface area (Å²) in [5.74, 6) is 2.14. The summed E-state index contributed by atoms with van der Waals surface area (Å²) >= 11 is 0. The van der Waals surface area contributed by atoms with Crippen molar-refractivity contribution in [2.24, 2.45) is 0 Å². The SMILES string of the molecule is N#Cc1ccccc1CN1CCCN(Cc2noc(C3CC3)n2)CC1. The highest BCUT2D eigenvalue weighted by Crippen LogP contribution is 2.38. The minimum atomic E-state index is 0.515. The van der Waals surface area contributed by atoms with Crippen molar-refractivity contribution in [1.29, 1.82) is 5.26 Å². The van der Waals surface area contributed by atoms with E-state index in [0.717, 1.165) is 68.5 Å². The van der Waals surface area contributed by atoms with E-state index in [9.17, 15) is 5.26 Å². The second-order valence-electron chi connectivity index (χ2n) is 7.00. The first-order valence-corrected chi connectivity index (χ1v) is 9.07. The molecule has 4 rings (SSSR count). The van der Waals surface area contributed by atoms with Gasteiger partial charge in [0.1, 0.15) is 0 Å². The fraction of sp³-hybridized carbons (Fsp3) is 0.526. The number of benzene rings is 1. The van der Waals surface area contributed by atoms with Gasteiger partial charge in [-0.15, -0.1) is 0 Å². The lowest BCUT2D eigenvalue weighted by Gasteiger charge is -2.21. The van der Waals surface area contributed by atoms with Gasteiger partial charge in [-0.3, -0.25) is 9.80 Å². The quantitative estimate of drug-likeness (QED) is 0.835. The average molecular weight is 337 g/mol. The summed E-state index contributed by atoms with van der Waals surface area (Å²) in [6, 6.07) is 10.2. The molecule has 2 heterocycles. The molecule has 6 nitrogen and oxygen atoms in total. The zero-order chi connectivity index (χ0) is 17.1. The van der Waals surface area contributed by atoms with Crippen molar-refractivity contribution in [3.8, 4) is 6.07 Å². The molecule has 25 heavy (non-hydrogen) atoms. The van der Waals surface area contributed by atoms with Crippen LogP contribution in [-0.2, 0) is 13.1 Å². The third-order valence-electron chi connectivity index (χ3n) is 4.99. The van der Waals surface area contributed by atoms with Gasteiger partial charge in [-0.05, 0) is 44.0 Å². The van der Waals surface area contributed by atoms with E-state index in [1.54, 1.807) is 0 Å². The van der Waals surface area contributed by atoms with Crippen molar-refractivity contribution >= 4 is 0 Å². The fourth-order valence-electron chi connectivity index (χ4n) is 3.38. The Morgan fingerprint density at radius 3 is 2.60 bits per heavy atom. The highest BCUT2D eigenvalue weighted by atomic mass is 16.5. The molecule has 0 unspecified atom stereocenters. The summed E-state index contributed by atoms with van der Waals surface area (Å²) in [5, 5.41) is 13.4.